The minimum absolute atomic E-state index is 0.0156. The van der Waals surface area contributed by atoms with Gasteiger partial charge in [-0.25, -0.2) is 9.59 Å². The molecule has 5 N–H and O–H groups in total. The highest BCUT2D eigenvalue weighted by atomic mass is 16.7. The number of ether oxygens (including phenoxy) is 7. The number of hydrogen-bond donors (Lipinski definition) is 5. The summed E-state index contributed by atoms with van der Waals surface area (Å²) in [7, 11) is 0. The second kappa shape index (κ2) is 19.4. The molecule has 70 heavy (non-hydrogen) atoms. The summed E-state index contributed by atoms with van der Waals surface area (Å²) in [4.78, 5) is 85.6. The van der Waals surface area contributed by atoms with E-state index in [1.165, 1.54) is 32.9 Å². The van der Waals surface area contributed by atoms with Crippen LogP contribution in [-0.2, 0) is 52.3 Å². The lowest BCUT2D eigenvalue weighted by Gasteiger charge is -2.67. The van der Waals surface area contributed by atoms with Gasteiger partial charge in [-0.1, -0.05) is 87.5 Å². The highest BCUT2D eigenvalue weighted by Crippen LogP contribution is 2.63. The highest BCUT2D eigenvalue weighted by molar-refractivity contribution is 5.98. The summed E-state index contributed by atoms with van der Waals surface area (Å²) in [6, 6.07) is 22.7. The summed E-state index contributed by atoms with van der Waals surface area (Å²) in [5.41, 5.74) is -8.07. The van der Waals surface area contributed by atoms with Gasteiger partial charge >= 0.3 is 23.9 Å². The van der Waals surface area contributed by atoms with Crippen molar-refractivity contribution in [2.45, 2.75) is 133 Å². The van der Waals surface area contributed by atoms with Crippen LogP contribution in [0.3, 0.4) is 0 Å². The second-order valence-corrected chi connectivity index (χ2v) is 19.5. The Morgan fingerprint density at radius 1 is 0.814 bits per heavy atom. The first-order chi connectivity index (χ1) is 33.2. The van der Waals surface area contributed by atoms with E-state index < -0.39 is 138 Å². The molecule has 3 aromatic rings. The molecule has 4 unspecified atom stereocenters. The Morgan fingerprint density at radius 3 is 2.01 bits per heavy atom. The summed E-state index contributed by atoms with van der Waals surface area (Å²) in [6.07, 6.45) is -14.5. The largest absolute Gasteiger partial charge is 0.456 e. The maximum Gasteiger partial charge on any atom is 0.338 e. The first-order valence-corrected chi connectivity index (χ1v) is 23.3. The van der Waals surface area contributed by atoms with Crippen molar-refractivity contribution < 1.29 is 82.4 Å². The SMILES string of the molecule is CC(=O)O[C@H]1C(=O)[C@]2(OC3OCC(C)C(O)C3O)CC[C@H]3OC[C@@]3(OC(C)=O)[C@H]2[C@H](OC(=O)c2ccccc2)[C@]2(O)C[C@H](OC(=O)[C@H](O)[C@@H](NC(=O)c3ccccc3)c3ccccc3)C(C)=C1C2(C)C. The Balaban J connectivity index is 1.32. The molecular formula is C52H59NO17. The van der Waals surface area contributed by atoms with Crippen molar-refractivity contribution in [3.05, 3.63) is 119 Å². The number of aliphatic hydroxyl groups excluding tert-OH is 3. The molecule has 0 aromatic heterocycles. The molecule has 2 bridgehead atoms. The summed E-state index contributed by atoms with van der Waals surface area (Å²) in [5, 5.41) is 51.3. The molecule has 8 rings (SSSR count). The van der Waals surface area contributed by atoms with Crippen LogP contribution in [0, 0.1) is 17.3 Å². The Bertz CT molecular complexity index is 2520. The second-order valence-electron chi connectivity index (χ2n) is 19.5. The number of aliphatic hydroxyl groups is 4. The van der Waals surface area contributed by atoms with Crippen LogP contribution in [0.15, 0.2) is 102 Å². The molecule has 0 spiro atoms. The number of esters is 4. The number of amides is 1. The summed E-state index contributed by atoms with van der Waals surface area (Å²) >= 11 is 0. The van der Waals surface area contributed by atoms with Gasteiger partial charge in [-0.15, -0.1) is 0 Å². The fourth-order valence-corrected chi connectivity index (χ4v) is 11.2. The van der Waals surface area contributed by atoms with Crippen molar-refractivity contribution in [1.29, 1.82) is 0 Å². The van der Waals surface area contributed by atoms with Gasteiger partial charge in [0.25, 0.3) is 5.91 Å². The van der Waals surface area contributed by atoms with Crippen molar-refractivity contribution in [3.63, 3.8) is 0 Å². The van der Waals surface area contributed by atoms with Crippen molar-refractivity contribution in [2.75, 3.05) is 13.2 Å². The lowest BCUT2D eigenvalue weighted by molar-refractivity contribution is -0.371. The molecule has 5 aliphatic rings. The zero-order chi connectivity index (χ0) is 50.5. The Morgan fingerprint density at radius 2 is 1.43 bits per heavy atom. The highest BCUT2D eigenvalue weighted by Gasteiger charge is 2.79. The Labute approximate surface area is 404 Å². The minimum atomic E-state index is -2.52. The van der Waals surface area contributed by atoms with Crippen LogP contribution in [0.25, 0.3) is 0 Å². The van der Waals surface area contributed by atoms with E-state index >= 15 is 4.79 Å². The lowest BCUT2D eigenvalue weighted by Crippen LogP contribution is -2.82. The smallest absolute Gasteiger partial charge is 0.338 e. The van der Waals surface area contributed by atoms with Gasteiger partial charge in [0.1, 0.15) is 35.6 Å². The molecule has 4 fully saturated rings. The molecule has 3 aliphatic carbocycles. The van der Waals surface area contributed by atoms with E-state index in [0.717, 1.165) is 13.8 Å². The first kappa shape index (κ1) is 50.5. The number of carbonyl (C=O) groups excluding carboxylic acids is 6. The number of fused-ring (bicyclic) bond motifs is 5. The average Bonchev–Trinajstić information content (AvgIpc) is 3.33. The van der Waals surface area contributed by atoms with Gasteiger partial charge < -0.3 is 58.9 Å². The molecule has 18 heteroatoms. The molecule has 1 amide bonds. The molecule has 2 saturated heterocycles. The monoisotopic (exact) mass is 969 g/mol. The third-order valence-corrected chi connectivity index (χ3v) is 14.9. The number of benzene rings is 3. The topological polar surface area (TPSA) is 260 Å². The van der Waals surface area contributed by atoms with Crippen molar-refractivity contribution in [1.82, 2.24) is 5.32 Å². The number of rotatable bonds is 12. The number of Topliss-reactive ketones (excluding diaryl/α,β-unsaturated/α-hetero) is 1. The van der Waals surface area contributed by atoms with Crippen molar-refractivity contribution >= 4 is 35.6 Å². The fraction of sp³-hybridized carbons (Fsp3) is 0.500. The Hall–Kier alpha value is -5.86. The van der Waals surface area contributed by atoms with E-state index in [0.29, 0.717) is 5.56 Å². The maximum atomic E-state index is 16.2. The van der Waals surface area contributed by atoms with Gasteiger partial charge in [0.05, 0.1) is 36.8 Å². The molecule has 2 saturated carbocycles. The first-order valence-electron chi connectivity index (χ1n) is 23.3. The van der Waals surface area contributed by atoms with Gasteiger partial charge in [-0.05, 0) is 60.7 Å². The summed E-state index contributed by atoms with van der Waals surface area (Å²) < 4.78 is 43.7. The quantitative estimate of drug-likeness (QED) is 0.0992. The molecule has 374 valence electrons. The molecular weight excluding hydrogens is 911 g/mol. The molecule has 0 radical (unpaired) electrons. The molecule has 18 nitrogen and oxygen atoms in total. The fourth-order valence-electron chi connectivity index (χ4n) is 11.2. The molecule has 14 atom stereocenters. The van der Waals surface area contributed by atoms with Crippen LogP contribution < -0.4 is 5.32 Å². The van der Waals surface area contributed by atoms with Crippen molar-refractivity contribution in [3.8, 4) is 0 Å². The van der Waals surface area contributed by atoms with Crippen LogP contribution in [0.1, 0.15) is 93.1 Å². The summed E-state index contributed by atoms with van der Waals surface area (Å²) in [5.74, 6) is -8.04. The minimum Gasteiger partial charge on any atom is -0.456 e. The predicted molar refractivity (Wildman–Crippen MR) is 243 cm³/mol. The summed E-state index contributed by atoms with van der Waals surface area (Å²) in [6.45, 7) is 7.83. The normalized spacial score (nSPS) is 34.1. The molecule has 3 aromatic carbocycles. The third kappa shape index (κ3) is 8.73. The van der Waals surface area contributed by atoms with E-state index in [2.05, 4.69) is 5.32 Å². The van der Waals surface area contributed by atoms with Crippen LogP contribution in [0.4, 0.5) is 0 Å². The van der Waals surface area contributed by atoms with E-state index in [1.807, 2.05) is 0 Å². The number of hydrogen-bond acceptors (Lipinski definition) is 17. The van der Waals surface area contributed by atoms with Crippen LogP contribution >= 0.6 is 0 Å². The number of carbonyl (C=O) groups is 6. The van der Waals surface area contributed by atoms with Gasteiger partial charge in [0.2, 0.25) is 5.78 Å². The maximum absolute atomic E-state index is 16.2. The van der Waals surface area contributed by atoms with Crippen molar-refractivity contribution in [2.24, 2.45) is 17.3 Å². The van der Waals surface area contributed by atoms with Gasteiger partial charge in [0.15, 0.2) is 24.1 Å². The van der Waals surface area contributed by atoms with E-state index in [4.69, 9.17) is 33.2 Å². The average molecular weight is 970 g/mol. The van der Waals surface area contributed by atoms with Crippen LogP contribution in [-0.4, -0.2) is 135 Å². The van der Waals surface area contributed by atoms with E-state index in [1.54, 1.807) is 85.8 Å². The van der Waals surface area contributed by atoms with E-state index in [-0.39, 0.29) is 41.7 Å². The van der Waals surface area contributed by atoms with Crippen LogP contribution in [0.2, 0.25) is 0 Å². The zero-order valence-corrected chi connectivity index (χ0v) is 39.6. The van der Waals surface area contributed by atoms with Gasteiger partial charge in [-0.2, -0.15) is 0 Å². The van der Waals surface area contributed by atoms with Gasteiger partial charge in [-0.3, -0.25) is 19.2 Å². The Kier molecular flexibility index (Phi) is 14.0. The molecule has 2 aliphatic heterocycles. The van der Waals surface area contributed by atoms with Crippen LogP contribution in [0.5, 0.6) is 0 Å². The number of ketones is 1. The number of nitrogens with one attached hydrogen (secondary N) is 1. The predicted octanol–water partition coefficient (Wildman–Crippen LogP) is 3.23. The van der Waals surface area contributed by atoms with E-state index in [9.17, 15) is 44.4 Å². The third-order valence-electron chi connectivity index (χ3n) is 14.9. The van der Waals surface area contributed by atoms with Gasteiger partial charge in [0, 0.05) is 37.2 Å². The lowest BCUT2D eigenvalue weighted by atomic mass is 9.48. The zero-order valence-electron chi connectivity index (χ0n) is 39.6. The molecule has 2 heterocycles. The standard InChI is InChI=1S/C52H59NO17/c1-27-25-64-48(40(58)38(27)56)70-50-23-22-35-51(26-65-35,69-30(4)55)42(50)44(68-46(61)33-20-14-9-15-21-33)52(63)24-34(28(2)36(49(52,5)6)41(43(50)59)66-29(3)54)67-47(62)39(57)37(31-16-10-7-11-17-31)53-45(60)32-18-12-8-13-19-32/h7-21,27,34-35,37-42,44,48,56-58,63H,22-26H2,1-6H3,(H,53,60)/t27?,34-,35+,37-,38?,39+,40?,41+,42-,44-,48?,50-,51-,52+/m0/s1.